The van der Waals surface area contributed by atoms with E-state index in [1.165, 1.54) is 83.3 Å². The first-order valence-electron chi connectivity index (χ1n) is 21.0. The lowest BCUT2D eigenvalue weighted by Crippen LogP contribution is -2.17. The average Bonchev–Trinajstić information content (AvgIpc) is 3.49. The van der Waals surface area contributed by atoms with Crippen LogP contribution < -0.4 is 9.80 Å². The van der Waals surface area contributed by atoms with E-state index in [1.54, 1.807) is 0 Å². The number of para-hydroxylation sites is 2. The zero-order valence-corrected chi connectivity index (χ0v) is 34.9. The van der Waals surface area contributed by atoms with E-state index >= 15 is 0 Å². The summed E-state index contributed by atoms with van der Waals surface area (Å²) in [7, 11) is 0. The van der Waals surface area contributed by atoms with Gasteiger partial charge in [0.05, 0.1) is 0 Å². The van der Waals surface area contributed by atoms with E-state index in [0.717, 1.165) is 22.7 Å². The SMILES string of the molecule is Cc1ccc(-c2ccc(N(c3ccc4cc5c(cc4c3)C(C)(C)c3cc(N(c4ccc(-c6ccccc6)cc4)c4ccccc4C)ccc3-5)c3ccccc3C)cc2)cc1. The summed E-state index contributed by atoms with van der Waals surface area (Å²) >= 11 is 0. The summed E-state index contributed by atoms with van der Waals surface area (Å²) in [4.78, 5) is 4.82. The van der Waals surface area contributed by atoms with Gasteiger partial charge in [-0.15, -0.1) is 0 Å². The largest absolute Gasteiger partial charge is 0.310 e. The molecular formula is C58H48N2. The molecule has 0 saturated carbocycles. The van der Waals surface area contributed by atoms with Crippen LogP contribution >= 0.6 is 0 Å². The molecule has 0 fully saturated rings. The normalized spacial score (nSPS) is 12.6. The van der Waals surface area contributed by atoms with Gasteiger partial charge in [0.25, 0.3) is 0 Å². The van der Waals surface area contributed by atoms with Crippen LogP contribution in [0, 0.1) is 20.8 Å². The fourth-order valence-electron chi connectivity index (χ4n) is 9.20. The highest BCUT2D eigenvalue weighted by atomic mass is 15.1. The highest BCUT2D eigenvalue weighted by molar-refractivity contribution is 5.97. The Kier molecular flexibility index (Phi) is 9.22. The van der Waals surface area contributed by atoms with Gasteiger partial charge in [0.15, 0.2) is 0 Å². The number of benzene rings is 9. The van der Waals surface area contributed by atoms with Gasteiger partial charge in [-0.2, -0.15) is 0 Å². The predicted molar refractivity (Wildman–Crippen MR) is 256 cm³/mol. The van der Waals surface area contributed by atoms with Crippen molar-refractivity contribution in [1.29, 1.82) is 0 Å². The van der Waals surface area contributed by atoms with Crippen molar-refractivity contribution < 1.29 is 0 Å². The third kappa shape index (κ3) is 6.55. The molecule has 2 heteroatoms. The van der Waals surface area contributed by atoms with E-state index in [-0.39, 0.29) is 5.41 Å². The van der Waals surface area contributed by atoms with Crippen LogP contribution in [-0.2, 0) is 5.41 Å². The van der Waals surface area contributed by atoms with Gasteiger partial charge in [-0.1, -0.05) is 147 Å². The third-order valence-corrected chi connectivity index (χ3v) is 12.6. The number of hydrogen-bond acceptors (Lipinski definition) is 2. The molecule has 0 aliphatic heterocycles. The Morgan fingerprint density at radius 1 is 0.333 bits per heavy atom. The first-order chi connectivity index (χ1) is 29.2. The second-order valence-corrected chi connectivity index (χ2v) is 16.9. The summed E-state index contributed by atoms with van der Waals surface area (Å²) in [5, 5.41) is 2.48. The first-order valence-corrected chi connectivity index (χ1v) is 21.0. The standard InChI is InChI=1S/C58H48N2/c1-39-19-21-43(22-20-39)45-25-30-48(31-26-45)59(56-17-11-9-13-40(56)2)50-32-27-46-36-53-52-34-33-51(38-55(52)58(4,5)54(53)37-47(46)35-50)60(57-18-12-10-14-41(57)3)49-28-23-44(24-29-49)42-15-7-6-8-16-42/h6-38H,1-5H3. The number of anilines is 6. The van der Waals surface area contributed by atoms with Crippen molar-refractivity contribution >= 4 is 44.9 Å². The molecular weight excluding hydrogens is 725 g/mol. The van der Waals surface area contributed by atoms with E-state index in [9.17, 15) is 0 Å². The van der Waals surface area contributed by atoms with E-state index in [0.29, 0.717) is 0 Å². The molecule has 0 spiro atoms. The molecule has 9 aromatic rings. The molecule has 10 rings (SSSR count). The molecule has 290 valence electrons. The number of aryl methyl sites for hydroxylation is 3. The summed E-state index contributed by atoms with van der Waals surface area (Å²) in [6, 6.07) is 73.6. The fraction of sp³-hybridized carbons (Fsp3) is 0.103. The Balaban J connectivity index is 1.04. The number of rotatable bonds is 8. The summed E-state index contributed by atoms with van der Waals surface area (Å²) in [6.07, 6.45) is 0. The highest BCUT2D eigenvalue weighted by Crippen LogP contribution is 2.52. The molecule has 0 bridgehead atoms. The van der Waals surface area contributed by atoms with E-state index in [1.807, 2.05) is 0 Å². The predicted octanol–water partition coefficient (Wildman–Crippen LogP) is 16.3. The van der Waals surface area contributed by atoms with Gasteiger partial charge in [-0.05, 0) is 160 Å². The van der Waals surface area contributed by atoms with Gasteiger partial charge in [-0.25, -0.2) is 0 Å². The van der Waals surface area contributed by atoms with Gasteiger partial charge < -0.3 is 9.80 Å². The summed E-state index contributed by atoms with van der Waals surface area (Å²) in [5.74, 6) is 0. The Bertz CT molecular complexity index is 3010. The zero-order chi connectivity index (χ0) is 41.0. The highest BCUT2D eigenvalue weighted by Gasteiger charge is 2.36. The van der Waals surface area contributed by atoms with Gasteiger partial charge in [0, 0.05) is 39.5 Å². The van der Waals surface area contributed by atoms with Gasteiger partial charge in [-0.3, -0.25) is 0 Å². The minimum Gasteiger partial charge on any atom is -0.310 e. The molecule has 0 N–H and O–H groups in total. The molecule has 60 heavy (non-hydrogen) atoms. The van der Waals surface area contributed by atoms with Crippen LogP contribution in [0.2, 0.25) is 0 Å². The van der Waals surface area contributed by atoms with E-state index in [2.05, 4.69) is 245 Å². The molecule has 0 unspecified atom stereocenters. The van der Waals surface area contributed by atoms with Gasteiger partial charge in [0.2, 0.25) is 0 Å². The Morgan fingerprint density at radius 3 is 1.35 bits per heavy atom. The quantitative estimate of drug-likeness (QED) is 0.152. The van der Waals surface area contributed by atoms with Gasteiger partial charge in [0.1, 0.15) is 0 Å². The molecule has 0 heterocycles. The second kappa shape index (κ2) is 14.9. The lowest BCUT2D eigenvalue weighted by atomic mass is 9.81. The lowest BCUT2D eigenvalue weighted by molar-refractivity contribution is 0.661. The maximum absolute atomic E-state index is 2.45. The molecule has 1 aliphatic carbocycles. The molecule has 0 saturated heterocycles. The number of fused-ring (bicyclic) bond motifs is 4. The van der Waals surface area contributed by atoms with Crippen molar-refractivity contribution in [1.82, 2.24) is 0 Å². The van der Waals surface area contributed by atoms with Crippen molar-refractivity contribution in [2.75, 3.05) is 9.80 Å². The minimum absolute atomic E-state index is 0.207. The fourth-order valence-corrected chi connectivity index (χ4v) is 9.20. The van der Waals surface area contributed by atoms with E-state index < -0.39 is 0 Å². The molecule has 0 radical (unpaired) electrons. The Morgan fingerprint density at radius 2 is 0.783 bits per heavy atom. The average molecular weight is 773 g/mol. The van der Waals surface area contributed by atoms with Crippen molar-refractivity contribution in [2.24, 2.45) is 0 Å². The van der Waals surface area contributed by atoms with Crippen LogP contribution in [0.1, 0.15) is 41.7 Å². The van der Waals surface area contributed by atoms with Crippen LogP contribution in [0.3, 0.4) is 0 Å². The Hall–Kier alpha value is -7.16. The van der Waals surface area contributed by atoms with E-state index in [4.69, 9.17) is 0 Å². The van der Waals surface area contributed by atoms with Crippen LogP contribution in [0.15, 0.2) is 200 Å². The maximum atomic E-state index is 2.45. The van der Waals surface area contributed by atoms with Crippen LogP contribution in [0.5, 0.6) is 0 Å². The van der Waals surface area contributed by atoms with Crippen molar-refractivity contribution in [3.63, 3.8) is 0 Å². The molecule has 0 amide bonds. The Labute approximate surface area is 354 Å². The smallest absolute Gasteiger partial charge is 0.0490 e. The molecule has 9 aromatic carbocycles. The van der Waals surface area contributed by atoms with Crippen LogP contribution in [0.25, 0.3) is 44.2 Å². The summed E-state index contributed by atoms with van der Waals surface area (Å²) in [5.41, 5.74) is 20.7. The topological polar surface area (TPSA) is 6.48 Å². The van der Waals surface area contributed by atoms with Crippen molar-refractivity contribution in [3.8, 4) is 33.4 Å². The second-order valence-electron chi connectivity index (χ2n) is 16.9. The van der Waals surface area contributed by atoms with Crippen LogP contribution in [0.4, 0.5) is 34.1 Å². The van der Waals surface area contributed by atoms with Crippen molar-refractivity contribution in [3.05, 3.63) is 228 Å². The molecule has 0 aromatic heterocycles. The lowest BCUT2D eigenvalue weighted by Gasteiger charge is -2.29. The molecule has 0 atom stereocenters. The number of hydrogen-bond donors (Lipinski definition) is 0. The number of nitrogens with zero attached hydrogens (tertiary/aromatic N) is 2. The molecule has 1 aliphatic rings. The summed E-state index contributed by atoms with van der Waals surface area (Å²) < 4.78 is 0. The maximum Gasteiger partial charge on any atom is 0.0490 e. The molecule has 2 nitrogen and oxygen atoms in total. The minimum atomic E-state index is -0.207. The zero-order valence-electron chi connectivity index (χ0n) is 34.9. The third-order valence-electron chi connectivity index (χ3n) is 12.6. The summed E-state index contributed by atoms with van der Waals surface area (Å²) in [6.45, 7) is 11.3. The first kappa shape index (κ1) is 37.1. The monoisotopic (exact) mass is 772 g/mol. The van der Waals surface area contributed by atoms with Crippen LogP contribution in [-0.4, -0.2) is 0 Å². The van der Waals surface area contributed by atoms with Crippen molar-refractivity contribution in [2.45, 2.75) is 40.0 Å². The van der Waals surface area contributed by atoms with Gasteiger partial charge >= 0.3 is 0 Å².